The maximum Gasteiger partial charge on any atom is 0.410 e. The van der Waals surface area contributed by atoms with Crippen LogP contribution in [0.1, 0.15) is 54.8 Å². The number of carbonyl (C=O) groups excluding carboxylic acids is 2. The van der Waals surface area contributed by atoms with Crippen molar-refractivity contribution >= 4 is 12.0 Å². The van der Waals surface area contributed by atoms with Crippen LogP contribution in [-0.2, 0) is 17.8 Å². The molecule has 1 N–H and O–H groups in total. The molecule has 4 atom stereocenters. The van der Waals surface area contributed by atoms with E-state index in [-0.39, 0.29) is 11.9 Å². The quantitative estimate of drug-likeness (QED) is 0.570. The van der Waals surface area contributed by atoms with Crippen molar-refractivity contribution in [3.8, 4) is 0 Å². The summed E-state index contributed by atoms with van der Waals surface area (Å²) in [7, 11) is 0. The molecule has 0 unspecified atom stereocenters. The van der Waals surface area contributed by atoms with Gasteiger partial charge in [0.25, 0.3) is 5.91 Å². The Morgan fingerprint density at radius 2 is 1.61 bits per heavy atom. The van der Waals surface area contributed by atoms with E-state index in [1.54, 1.807) is 11.0 Å². The topological polar surface area (TPSA) is 75.0 Å². The van der Waals surface area contributed by atoms with E-state index < -0.39 is 29.9 Å². The van der Waals surface area contributed by atoms with Gasteiger partial charge >= 0.3 is 6.09 Å². The van der Waals surface area contributed by atoms with Crippen LogP contribution in [0.4, 0.5) is 4.79 Å². The zero-order chi connectivity index (χ0) is 25.4. The highest BCUT2D eigenvalue weighted by Gasteiger charge is 2.54. The minimum atomic E-state index is -0.724. The van der Waals surface area contributed by atoms with E-state index in [0.717, 1.165) is 11.1 Å². The second kappa shape index (κ2) is 9.47. The molecule has 1 saturated carbocycles. The lowest BCUT2D eigenvalue weighted by Gasteiger charge is -2.44. The molecule has 1 aliphatic carbocycles. The molecular formula is C29H33N3O4. The molecule has 3 aromatic rings. The summed E-state index contributed by atoms with van der Waals surface area (Å²) in [5, 5.41) is 11.3. The normalized spacial score (nSPS) is 23.2. The van der Waals surface area contributed by atoms with Crippen LogP contribution in [-0.4, -0.2) is 55.3 Å². The highest BCUT2D eigenvalue weighted by Crippen LogP contribution is 2.43. The van der Waals surface area contributed by atoms with Gasteiger partial charge in [-0.3, -0.25) is 9.69 Å². The Bertz CT molecular complexity index is 1220. The molecule has 2 aliphatic rings. The molecule has 2 heterocycles. The smallest absolute Gasteiger partial charge is 0.410 e. The second-order valence-electron chi connectivity index (χ2n) is 10.7. The molecule has 0 spiro atoms. The van der Waals surface area contributed by atoms with E-state index >= 15 is 0 Å². The first kappa shape index (κ1) is 24.1. The number of aliphatic hydroxyl groups excluding tert-OH is 1. The molecule has 7 heteroatoms. The first-order chi connectivity index (χ1) is 17.2. The van der Waals surface area contributed by atoms with E-state index in [1.165, 1.54) is 0 Å². The lowest BCUT2D eigenvalue weighted by atomic mass is 9.99. The number of amides is 2. The molecule has 1 aromatic heterocycles. The van der Waals surface area contributed by atoms with Crippen LogP contribution in [0.15, 0.2) is 79.0 Å². The molecule has 0 radical (unpaired) electrons. The number of fused-ring (bicyclic) bond motifs is 3. The summed E-state index contributed by atoms with van der Waals surface area (Å²) in [5.74, 6) is -0.104. The summed E-state index contributed by atoms with van der Waals surface area (Å²) in [5.41, 5.74) is 1.83. The number of hydrogen-bond acceptors (Lipinski definition) is 4. The zero-order valence-corrected chi connectivity index (χ0v) is 20.9. The van der Waals surface area contributed by atoms with Gasteiger partial charge in [0.2, 0.25) is 0 Å². The first-order valence-corrected chi connectivity index (χ1v) is 12.5. The standard InChI is InChI=1S/C29H33N3O4/c1-29(2,3)36-28(35)31(18-20-11-6-4-7-12-20)23-17-24(33)26-25(23)32(19-21-13-8-5-9-14-21)27(34)22-15-10-16-30(22)26/h4-16,23-26,33H,17-19H2,1-3H3/t23-,24+,25+,26-/m1/s1. The van der Waals surface area contributed by atoms with Gasteiger partial charge < -0.3 is 19.3 Å². The van der Waals surface area contributed by atoms with Gasteiger partial charge in [0.05, 0.1) is 24.2 Å². The van der Waals surface area contributed by atoms with Gasteiger partial charge in [0.1, 0.15) is 11.3 Å². The average Bonchev–Trinajstić information content (AvgIpc) is 3.45. The molecule has 0 bridgehead atoms. The van der Waals surface area contributed by atoms with Gasteiger partial charge in [-0.15, -0.1) is 0 Å². The van der Waals surface area contributed by atoms with Crippen molar-refractivity contribution in [2.24, 2.45) is 0 Å². The predicted molar refractivity (Wildman–Crippen MR) is 136 cm³/mol. The largest absolute Gasteiger partial charge is 0.444 e. The fourth-order valence-electron chi connectivity index (χ4n) is 5.53. The van der Waals surface area contributed by atoms with Crippen molar-refractivity contribution in [2.45, 2.75) is 70.1 Å². The lowest BCUT2D eigenvalue weighted by molar-refractivity contribution is -0.00151. The Labute approximate surface area is 211 Å². The highest BCUT2D eigenvalue weighted by molar-refractivity contribution is 5.94. The second-order valence-corrected chi connectivity index (χ2v) is 10.7. The Kier molecular flexibility index (Phi) is 6.35. The van der Waals surface area contributed by atoms with Crippen molar-refractivity contribution in [2.75, 3.05) is 0 Å². The van der Waals surface area contributed by atoms with Crippen molar-refractivity contribution in [3.05, 3.63) is 95.8 Å². The summed E-state index contributed by atoms with van der Waals surface area (Å²) in [6, 6.07) is 22.0. The number of aromatic nitrogens is 1. The fourth-order valence-corrected chi connectivity index (χ4v) is 5.53. The van der Waals surface area contributed by atoms with Crippen LogP contribution < -0.4 is 0 Å². The molecule has 36 heavy (non-hydrogen) atoms. The van der Waals surface area contributed by atoms with Gasteiger partial charge in [0, 0.05) is 19.3 Å². The first-order valence-electron chi connectivity index (χ1n) is 12.5. The van der Waals surface area contributed by atoms with E-state index in [9.17, 15) is 14.7 Å². The van der Waals surface area contributed by atoms with Gasteiger partial charge in [-0.25, -0.2) is 4.79 Å². The third-order valence-electron chi connectivity index (χ3n) is 6.98. The number of rotatable bonds is 5. The van der Waals surface area contributed by atoms with Crippen LogP contribution in [0.2, 0.25) is 0 Å². The number of aliphatic hydroxyl groups is 1. The lowest BCUT2D eigenvalue weighted by Crippen LogP contribution is -2.58. The monoisotopic (exact) mass is 487 g/mol. The van der Waals surface area contributed by atoms with Gasteiger partial charge in [0.15, 0.2) is 0 Å². The van der Waals surface area contributed by atoms with Crippen molar-refractivity contribution < 1.29 is 19.4 Å². The average molecular weight is 488 g/mol. The van der Waals surface area contributed by atoms with Crippen molar-refractivity contribution in [3.63, 3.8) is 0 Å². The van der Waals surface area contributed by atoms with Crippen LogP contribution in [0, 0.1) is 0 Å². The molecule has 1 fully saturated rings. The van der Waals surface area contributed by atoms with E-state index in [0.29, 0.717) is 25.2 Å². The van der Waals surface area contributed by atoms with Gasteiger partial charge in [-0.1, -0.05) is 60.7 Å². The highest BCUT2D eigenvalue weighted by atomic mass is 16.6. The molecular weight excluding hydrogens is 454 g/mol. The fraction of sp³-hybridized carbons (Fsp3) is 0.379. The third-order valence-corrected chi connectivity index (χ3v) is 6.98. The minimum absolute atomic E-state index is 0.104. The molecule has 2 aromatic carbocycles. The van der Waals surface area contributed by atoms with Gasteiger partial charge in [-0.05, 0) is 50.5 Å². The Hall–Kier alpha value is -3.58. The molecule has 7 nitrogen and oxygen atoms in total. The van der Waals surface area contributed by atoms with Crippen LogP contribution >= 0.6 is 0 Å². The summed E-state index contributed by atoms with van der Waals surface area (Å²) >= 11 is 0. The molecule has 5 rings (SSSR count). The number of benzene rings is 2. The predicted octanol–water partition coefficient (Wildman–Crippen LogP) is 4.62. The van der Waals surface area contributed by atoms with Crippen LogP contribution in [0.3, 0.4) is 0 Å². The Morgan fingerprint density at radius 3 is 2.25 bits per heavy atom. The third kappa shape index (κ3) is 4.63. The van der Waals surface area contributed by atoms with Gasteiger partial charge in [-0.2, -0.15) is 0 Å². The van der Waals surface area contributed by atoms with Crippen LogP contribution in [0.25, 0.3) is 0 Å². The summed E-state index contributed by atoms with van der Waals surface area (Å²) in [6.45, 7) is 6.24. The molecule has 0 saturated heterocycles. The zero-order valence-electron chi connectivity index (χ0n) is 20.9. The van der Waals surface area contributed by atoms with Crippen molar-refractivity contribution in [1.82, 2.24) is 14.4 Å². The SMILES string of the molecule is CC(C)(C)OC(=O)N(Cc1ccccc1)[C@@H]1C[C@H](O)[C@@H]2[C@H]1N(Cc1ccccc1)C(=O)c1cccn12. The summed E-state index contributed by atoms with van der Waals surface area (Å²) in [4.78, 5) is 30.9. The van der Waals surface area contributed by atoms with E-state index in [2.05, 4.69) is 0 Å². The van der Waals surface area contributed by atoms with Crippen molar-refractivity contribution in [1.29, 1.82) is 0 Å². The molecule has 2 amide bonds. The molecule has 1 aliphatic heterocycles. The van der Waals surface area contributed by atoms with Crippen LogP contribution in [0.5, 0.6) is 0 Å². The number of carbonyl (C=O) groups is 2. The maximum absolute atomic E-state index is 13.7. The number of ether oxygens (including phenoxy) is 1. The summed E-state index contributed by atoms with van der Waals surface area (Å²) < 4.78 is 7.71. The Morgan fingerprint density at radius 1 is 0.972 bits per heavy atom. The maximum atomic E-state index is 13.7. The number of hydrogen-bond donors (Lipinski definition) is 1. The Balaban J connectivity index is 1.57. The summed E-state index contributed by atoms with van der Waals surface area (Å²) in [6.07, 6.45) is 1.02. The minimum Gasteiger partial charge on any atom is -0.444 e. The van der Waals surface area contributed by atoms with E-state index in [4.69, 9.17) is 4.74 Å². The molecule has 188 valence electrons. The van der Waals surface area contributed by atoms with E-state index in [1.807, 2.05) is 103 Å². The number of nitrogens with zero attached hydrogens (tertiary/aromatic N) is 3.